The van der Waals surface area contributed by atoms with Crippen molar-refractivity contribution in [2.24, 2.45) is 0 Å². The van der Waals surface area contributed by atoms with Gasteiger partial charge in [0.1, 0.15) is 11.5 Å². The minimum atomic E-state index is -0.242. The van der Waals surface area contributed by atoms with E-state index in [0.717, 1.165) is 11.1 Å². The van der Waals surface area contributed by atoms with Crippen molar-refractivity contribution in [2.45, 2.75) is 26.4 Å². The van der Waals surface area contributed by atoms with Crippen LogP contribution >= 0.6 is 0 Å². The Hall–Kier alpha value is -3.28. The first kappa shape index (κ1) is 17.5. The number of rotatable bonds is 6. The molecular weight excluding hydrogens is 326 g/mol. The van der Waals surface area contributed by atoms with E-state index in [1.807, 2.05) is 56.3 Å². The Balaban J connectivity index is 1.86. The molecule has 6 heteroatoms. The van der Waals surface area contributed by atoms with Crippen molar-refractivity contribution in [1.29, 1.82) is 0 Å². The van der Waals surface area contributed by atoms with Crippen LogP contribution in [0.15, 0.2) is 60.9 Å². The molecule has 0 aliphatic carbocycles. The highest BCUT2D eigenvalue weighted by atomic mass is 16.1. The second kappa shape index (κ2) is 8.20. The molecule has 1 aromatic carbocycles. The van der Waals surface area contributed by atoms with Crippen LogP contribution in [0, 0.1) is 0 Å². The smallest absolute Gasteiger partial charge is 0.270 e. The molecule has 2 aromatic heterocycles. The van der Waals surface area contributed by atoms with Gasteiger partial charge in [-0.05, 0) is 31.5 Å². The summed E-state index contributed by atoms with van der Waals surface area (Å²) < 4.78 is 0. The van der Waals surface area contributed by atoms with Crippen molar-refractivity contribution < 1.29 is 4.79 Å². The zero-order chi connectivity index (χ0) is 18.4. The molecule has 2 heterocycles. The molecule has 0 fully saturated rings. The molecule has 0 saturated heterocycles. The molecule has 0 aliphatic rings. The summed E-state index contributed by atoms with van der Waals surface area (Å²) in [6.45, 7) is 4.46. The number of anilines is 1. The summed E-state index contributed by atoms with van der Waals surface area (Å²) in [6.07, 6.45) is 3.40. The van der Waals surface area contributed by atoms with Crippen LogP contribution in [0.3, 0.4) is 0 Å². The minimum absolute atomic E-state index is 0.196. The number of nitrogens with zero attached hydrogens (tertiary/aromatic N) is 3. The summed E-state index contributed by atoms with van der Waals surface area (Å²) >= 11 is 0. The molecule has 3 rings (SSSR count). The van der Waals surface area contributed by atoms with E-state index in [0.29, 0.717) is 23.9 Å². The molecule has 0 spiro atoms. The summed E-state index contributed by atoms with van der Waals surface area (Å²) in [6, 6.07) is 15.2. The van der Waals surface area contributed by atoms with Gasteiger partial charge in [-0.15, -0.1) is 0 Å². The number of hydrogen-bond donors (Lipinski definition) is 2. The first-order valence-corrected chi connectivity index (χ1v) is 8.50. The van der Waals surface area contributed by atoms with Crippen LogP contribution in [0.25, 0.3) is 11.4 Å². The van der Waals surface area contributed by atoms with E-state index in [1.165, 1.54) is 0 Å². The van der Waals surface area contributed by atoms with Crippen molar-refractivity contribution in [1.82, 2.24) is 20.3 Å². The normalized spacial score (nSPS) is 10.6. The van der Waals surface area contributed by atoms with E-state index in [-0.39, 0.29) is 11.9 Å². The predicted octanol–water partition coefficient (Wildman–Crippen LogP) is 3.29. The molecule has 0 radical (unpaired) electrons. The minimum Gasteiger partial charge on any atom is -0.368 e. The third kappa shape index (κ3) is 4.63. The van der Waals surface area contributed by atoms with Crippen LogP contribution in [0.5, 0.6) is 0 Å². The largest absolute Gasteiger partial charge is 0.368 e. The van der Waals surface area contributed by atoms with Crippen LogP contribution in [0.2, 0.25) is 0 Å². The number of benzene rings is 1. The highest BCUT2D eigenvalue weighted by Crippen LogP contribution is 2.18. The van der Waals surface area contributed by atoms with Crippen molar-refractivity contribution in [3.63, 3.8) is 0 Å². The molecular formula is C20H21N5O. The SMILES string of the molecule is CC(C)Nc1cc(C(=O)NCc2ccncc2)nc(-c2ccccc2)n1. The van der Waals surface area contributed by atoms with Gasteiger partial charge < -0.3 is 10.6 Å². The highest BCUT2D eigenvalue weighted by molar-refractivity contribution is 5.93. The lowest BCUT2D eigenvalue weighted by molar-refractivity contribution is 0.0946. The fraction of sp³-hybridized carbons (Fsp3) is 0.200. The first-order valence-electron chi connectivity index (χ1n) is 8.50. The van der Waals surface area contributed by atoms with E-state index in [2.05, 4.69) is 25.6 Å². The molecule has 0 unspecified atom stereocenters. The van der Waals surface area contributed by atoms with Crippen LogP contribution < -0.4 is 10.6 Å². The van der Waals surface area contributed by atoms with Gasteiger partial charge in [-0.3, -0.25) is 9.78 Å². The Kier molecular flexibility index (Phi) is 5.53. The van der Waals surface area contributed by atoms with Gasteiger partial charge in [0.05, 0.1) is 0 Å². The zero-order valence-corrected chi connectivity index (χ0v) is 14.8. The lowest BCUT2D eigenvalue weighted by atomic mass is 10.2. The summed E-state index contributed by atoms with van der Waals surface area (Å²) in [5.41, 5.74) is 2.17. The predicted molar refractivity (Wildman–Crippen MR) is 102 cm³/mol. The molecule has 0 aliphatic heterocycles. The van der Waals surface area contributed by atoms with E-state index in [1.54, 1.807) is 18.5 Å². The fourth-order valence-corrected chi connectivity index (χ4v) is 2.42. The van der Waals surface area contributed by atoms with Crippen LogP contribution in [0.1, 0.15) is 29.9 Å². The quantitative estimate of drug-likeness (QED) is 0.715. The van der Waals surface area contributed by atoms with Crippen LogP contribution in [0.4, 0.5) is 5.82 Å². The van der Waals surface area contributed by atoms with E-state index >= 15 is 0 Å². The summed E-state index contributed by atoms with van der Waals surface area (Å²) in [4.78, 5) is 25.5. The Morgan fingerprint density at radius 1 is 1.04 bits per heavy atom. The molecule has 2 N–H and O–H groups in total. The van der Waals surface area contributed by atoms with Crippen molar-refractivity contribution >= 4 is 11.7 Å². The Bertz CT molecular complexity index is 866. The lowest BCUT2D eigenvalue weighted by Crippen LogP contribution is -2.24. The standard InChI is InChI=1S/C20H21N5O/c1-14(2)23-18-12-17(20(26)22-13-15-8-10-21-11-9-15)24-19(25-18)16-6-4-3-5-7-16/h3-12,14H,13H2,1-2H3,(H,22,26)(H,23,24,25). The van der Waals surface area contributed by atoms with Gasteiger partial charge in [-0.25, -0.2) is 9.97 Å². The van der Waals surface area contributed by atoms with Crippen molar-refractivity contribution in [3.05, 3.63) is 72.2 Å². The lowest BCUT2D eigenvalue weighted by Gasteiger charge is -2.12. The summed E-state index contributed by atoms with van der Waals surface area (Å²) in [7, 11) is 0. The second-order valence-corrected chi connectivity index (χ2v) is 6.17. The fourth-order valence-electron chi connectivity index (χ4n) is 2.42. The molecule has 0 saturated carbocycles. The maximum Gasteiger partial charge on any atom is 0.270 e. The number of amides is 1. The number of carbonyl (C=O) groups is 1. The third-order valence-corrected chi connectivity index (χ3v) is 3.63. The molecule has 26 heavy (non-hydrogen) atoms. The molecule has 132 valence electrons. The maximum atomic E-state index is 12.6. The van der Waals surface area contributed by atoms with E-state index in [4.69, 9.17) is 0 Å². The highest BCUT2D eigenvalue weighted by Gasteiger charge is 2.13. The average molecular weight is 347 g/mol. The number of carbonyl (C=O) groups excluding carboxylic acids is 1. The Morgan fingerprint density at radius 2 is 1.77 bits per heavy atom. The number of nitrogens with one attached hydrogen (secondary N) is 2. The zero-order valence-electron chi connectivity index (χ0n) is 14.8. The van der Waals surface area contributed by atoms with Crippen LogP contribution in [-0.4, -0.2) is 26.9 Å². The Morgan fingerprint density at radius 3 is 2.46 bits per heavy atom. The van der Waals surface area contributed by atoms with E-state index in [9.17, 15) is 4.79 Å². The second-order valence-electron chi connectivity index (χ2n) is 6.17. The molecule has 0 bridgehead atoms. The topological polar surface area (TPSA) is 79.8 Å². The van der Waals surface area contributed by atoms with Gasteiger partial charge in [0.25, 0.3) is 5.91 Å². The van der Waals surface area contributed by atoms with Crippen LogP contribution in [-0.2, 0) is 6.54 Å². The molecule has 0 atom stereocenters. The summed E-state index contributed by atoms with van der Waals surface area (Å²) in [5, 5.41) is 6.13. The van der Waals surface area contributed by atoms with Crippen molar-refractivity contribution in [3.8, 4) is 11.4 Å². The van der Waals surface area contributed by atoms with Crippen molar-refractivity contribution in [2.75, 3.05) is 5.32 Å². The van der Waals surface area contributed by atoms with Gasteiger partial charge >= 0.3 is 0 Å². The maximum absolute atomic E-state index is 12.6. The number of aromatic nitrogens is 3. The Labute approximate surface area is 152 Å². The van der Waals surface area contributed by atoms with Gasteiger partial charge in [-0.1, -0.05) is 30.3 Å². The monoisotopic (exact) mass is 347 g/mol. The molecule has 3 aromatic rings. The third-order valence-electron chi connectivity index (χ3n) is 3.63. The molecule has 1 amide bonds. The molecule has 6 nitrogen and oxygen atoms in total. The summed E-state index contributed by atoms with van der Waals surface area (Å²) in [5.74, 6) is 0.904. The van der Waals surface area contributed by atoms with Gasteiger partial charge in [-0.2, -0.15) is 0 Å². The number of pyridine rings is 1. The van der Waals surface area contributed by atoms with Gasteiger partial charge in [0.2, 0.25) is 0 Å². The number of hydrogen-bond acceptors (Lipinski definition) is 5. The van der Waals surface area contributed by atoms with E-state index < -0.39 is 0 Å². The van der Waals surface area contributed by atoms with Gasteiger partial charge in [0, 0.05) is 36.6 Å². The first-order chi connectivity index (χ1) is 12.6. The van der Waals surface area contributed by atoms with Gasteiger partial charge in [0.15, 0.2) is 5.82 Å². The average Bonchev–Trinajstić information content (AvgIpc) is 2.67.